The first-order valence-corrected chi connectivity index (χ1v) is 9.20. The number of amides is 1. The molecule has 0 spiro atoms. The highest BCUT2D eigenvalue weighted by molar-refractivity contribution is 5.92. The molecule has 3 aromatic rings. The minimum absolute atomic E-state index is 0.0969. The summed E-state index contributed by atoms with van der Waals surface area (Å²) in [5.41, 5.74) is 2.58. The molecule has 6 heteroatoms. The third-order valence-corrected chi connectivity index (χ3v) is 4.41. The van der Waals surface area contributed by atoms with Gasteiger partial charge in [-0.25, -0.2) is 9.97 Å². The van der Waals surface area contributed by atoms with E-state index in [1.807, 2.05) is 42.5 Å². The molecule has 144 valence electrons. The van der Waals surface area contributed by atoms with E-state index in [1.165, 1.54) is 6.20 Å². The van der Waals surface area contributed by atoms with Crippen LogP contribution in [-0.2, 0) is 6.42 Å². The minimum atomic E-state index is -0.233. The molecule has 0 aliphatic heterocycles. The van der Waals surface area contributed by atoms with Gasteiger partial charge in [0.15, 0.2) is 0 Å². The fraction of sp³-hybridized carbons (Fsp3) is 0.227. The summed E-state index contributed by atoms with van der Waals surface area (Å²) in [6, 6.07) is 18.0. The smallest absolute Gasteiger partial charge is 0.271 e. The van der Waals surface area contributed by atoms with Gasteiger partial charge in [0.25, 0.3) is 5.91 Å². The number of methoxy groups -OCH3 is 1. The molecule has 1 heterocycles. The largest absolute Gasteiger partial charge is 0.497 e. The number of hydrogen-bond acceptors (Lipinski definition) is 5. The Kier molecular flexibility index (Phi) is 6.57. The second-order valence-electron chi connectivity index (χ2n) is 6.42. The fourth-order valence-corrected chi connectivity index (χ4v) is 2.77. The van der Waals surface area contributed by atoms with Crippen LogP contribution >= 0.6 is 0 Å². The zero-order valence-electron chi connectivity index (χ0n) is 16.1. The number of carbonyl (C=O) groups excluding carboxylic acids is 1. The number of aromatic nitrogens is 2. The lowest BCUT2D eigenvalue weighted by atomic mass is 10.1. The SMILES string of the molecule is COc1ccc(CCNC(=O)c2cnc(NC(C)c3ccccc3)cn2)cc1. The van der Waals surface area contributed by atoms with Crippen LogP contribution in [-0.4, -0.2) is 29.5 Å². The van der Waals surface area contributed by atoms with Crippen LogP contribution in [0, 0.1) is 0 Å². The van der Waals surface area contributed by atoms with E-state index in [9.17, 15) is 4.79 Å². The number of nitrogens with one attached hydrogen (secondary N) is 2. The summed E-state index contributed by atoms with van der Waals surface area (Å²) < 4.78 is 5.14. The van der Waals surface area contributed by atoms with Gasteiger partial charge in [-0.1, -0.05) is 42.5 Å². The molecule has 0 aliphatic carbocycles. The standard InChI is InChI=1S/C22H24N4O2/c1-16(18-6-4-3-5-7-18)26-21-15-24-20(14-25-21)22(27)23-13-12-17-8-10-19(28-2)11-9-17/h3-11,14-16H,12-13H2,1-2H3,(H,23,27)(H,25,26). The Bertz CT molecular complexity index is 881. The molecule has 1 amide bonds. The highest BCUT2D eigenvalue weighted by atomic mass is 16.5. The van der Waals surface area contributed by atoms with Gasteiger partial charge in [-0.05, 0) is 36.6 Å². The molecular weight excluding hydrogens is 352 g/mol. The van der Waals surface area contributed by atoms with Gasteiger partial charge in [0.2, 0.25) is 0 Å². The van der Waals surface area contributed by atoms with E-state index in [0.29, 0.717) is 18.1 Å². The summed E-state index contributed by atoms with van der Waals surface area (Å²) in [7, 11) is 1.64. The molecule has 3 rings (SSSR count). The third-order valence-electron chi connectivity index (χ3n) is 4.41. The van der Waals surface area contributed by atoms with Gasteiger partial charge in [-0.2, -0.15) is 0 Å². The number of rotatable bonds is 8. The predicted molar refractivity (Wildman–Crippen MR) is 110 cm³/mol. The number of anilines is 1. The minimum Gasteiger partial charge on any atom is -0.497 e. The third kappa shape index (κ3) is 5.30. The quantitative estimate of drug-likeness (QED) is 0.628. The molecule has 0 saturated carbocycles. The molecule has 2 aromatic carbocycles. The summed E-state index contributed by atoms with van der Waals surface area (Å²) >= 11 is 0. The Balaban J connectivity index is 1.49. The molecule has 1 atom stereocenters. The van der Waals surface area contributed by atoms with E-state index in [2.05, 4.69) is 39.7 Å². The Hall–Kier alpha value is -3.41. The average Bonchev–Trinajstić information content (AvgIpc) is 2.75. The van der Waals surface area contributed by atoms with Crippen LogP contribution in [0.1, 0.15) is 34.6 Å². The molecule has 28 heavy (non-hydrogen) atoms. The summed E-state index contributed by atoms with van der Waals surface area (Å²) in [6.07, 6.45) is 3.80. The highest BCUT2D eigenvalue weighted by Gasteiger charge is 2.09. The first-order chi connectivity index (χ1) is 13.7. The van der Waals surface area contributed by atoms with Crippen LogP contribution in [0.15, 0.2) is 67.0 Å². The van der Waals surface area contributed by atoms with E-state index >= 15 is 0 Å². The molecular formula is C22H24N4O2. The molecule has 0 bridgehead atoms. The van der Waals surface area contributed by atoms with Gasteiger partial charge in [0, 0.05) is 12.6 Å². The van der Waals surface area contributed by atoms with Crippen LogP contribution in [0.25, 0.3) is 0 Å². The molecule has 0 saturated heterocycles. The van der Waals surface area contributed by atoms with Crippen LogP contribution in [0.4, 0.5) is 5.82 Å². The Labute approximate surface area is 165 Å². The Morgan fingerprint density at radius 3 is 2.43 bits per heavy atom. The van der Waals surface area contributed by atoms with Crippen LogP contribution in [0.3, 0.4) is 0 Å². The lowest BCUT2D eigenvalue weighted by Crippen LogP contribution is -2.26. The number of ether oxygens (including phenoxy) is 1. The maximum atomic E-state index is 12.2. The summed E-state index contributed by atoms with van der Waals surface area (Å²) in [5, 5.41) is 6.15. The Morgan fingerprint density at radius 1 is 1.04 bits per heavy atom. The van der Waals surface area contributed by atoms with Gasteiger partial charge in [0.05, 0.1) is 19.5 Å². The maximum absolute atomic E-state index is 12.2. The second kappa shape index (κ2) is 9.50. The zero-order valence-corrected chi connectivity index (χ0v) is 16.1. The lowest BCUT2D eigenvalue weighted by Gasteiger charge is -2.14. The highest BCUT2D eigenvalue weighted by Crippen LogP contribution is 2.16. The topological polar surface area (TPSA) is 76.1 Å². The fourth-order valence-electron chi connectivity index (χ4n) is 2.77. The van der Waals surface area contributed by atoms with Gasteiger partial charge >= 0.3 is 0 Å². The van der Waals surface area contributed by atoms with Gasteiger partial charge in [-0.3, -0.25) is 4.79 Å². The summed E-state index contributed by atoms with van der Waals surface area (Å²) in [4.78, 5) is 20.8. The van der Waals surface area contributed by atoms with E-state index in [-0.39, 0.29) is 11.9 Å². The molecule has 1 aromatic heterocycles. The van der Waals surface area contributed by atoms with Crippen molar-refractivity contribution in [1.82, 2.24) is 15.3 Å². The van der Waals surface area contributed by atoms with Crippen LogP contribution in [0.5, 0.6) is 5.75 Å². The first-order valence-electron chi connectivity index (χ1n) is 9.20. The van der Waals surface area contributed by atoms with Gasteiger partial charge in [0.1, 0.15) is 17.3 Å². The first kappa shape index (κ1) is 19.4. The predicted octanol–water partition coefficient (Wildman–Crippen LogP) is 3.63. The van der Waals surface area contributed by atoms with Crippen LogP contribution in [0.2, 0.25) is 0 Å². The molecule has 1 unspecified atom stereocenters. The maximum Gasteiger partial charge on any atom is 0.271 e. The van der Waals surface area contributed by atoms with E-state index in [1.54, 1.807) is 13.3 Å². The van der Waals surface area contributed by atoms with Crippen molar-refractivity contribution in [2.75, 3.05) is 19.0 Å². The van der Waals surface area contributed by atoms with Crippen molar-refractivity contribution in [3.05, 3.63) is 83.8 Å². The number of nitrogens with zero attached hydrogens (tertiary/aromatic N) is 2. The van der Waals surface area contributed by atoms with Gasteiger partial charge < -0.3 is 15.4 Å². The van der Waals surface area contributed by atoms with E-state index in [0.717, 1.165) is 23.3 Å². The molecule has 6 nitrogen and oxygen atoms in total. The Morgan fingerprint density at radius 2 is 1.79 bits per heavy atom. The monoisotopic (exact) mass is 376 g/mol. The summed E-state index contributed by atoms with van der Waals surface area (Å²) in [6.45, 7) is 2.58. The number of carbonyl (C=O) groups is 1. The van der Waals surface area contributed by atoms with E-state index in [4.69, 9.17) is 4.74 Å². The average molecular weight is 376 g/mol. The van der Waals surface area contributed by atoms with E-state index < -0.39 is 0 Å². The van der Waals surface area contributed by atoms with Crippen LogP contribution < -0.4 is 15.4 Å². The van der Waals surface area contributed by atoms with Crippen molar-refractivity contribution in [3.8, 4) is 5.75 Å². The molecule has 2 N–H and O–H groups in total. The normalized spacial score (nSPS) is 11.5. The lowest BCUT2D eigenvalue weighted by molar-refractivity contribution is 0.0949. The number of hydrogen-bond donors (Lipinski definition) is 2. The molecule has 0 radical (unpaired) electrons. The van der Waals surface area contributed by atoms with Crippen molar-refractivity contribution in [2.24, 2.45) is 0 Å². The van der Waals surface area contributed by atoms with Crippen molar-refractivity contribution in [2.45, 2.75) is 19.4 Å². The summed E-state index contributed by atoms with van der Waals surface area (Å²) in [5.74, 6) is 1.22. The van der Waals surface area contributed by atoms with Gasteiger partial charge in [-0.15, -0.1) is 0 Å². The second-order valence-corrected chi connectivity index (χ2v) is 6.42. The van der Waals surface area contributed by atoms with Crippen molar-refractivity contribution < 1.29 is 9.53 Å². The van der Waals surface area contributed by atoms with Crippen molar-refractivity contribution in [3.63, 3.8) is 0 Å². The zero-order chi connectivity index (χ0) is 19.8. The molecule has 0 aliphatic rings. The number of benzene rings is 2. The van der Waals surface area contributed by atoms with Crippen molar-refractivity contribution in [1.29, 1.82) is 0 Å². The molecule has 0 fully saturated rings. The van der Waals surface area contributed by atoms with Crippen molar-refractivity contribution >= 4 is 11.7 Å².